The Labute approximate surface area is 202 Å². The smallest absolute Gasteiger partial charge is 0.312 e. The van der Waals surface area contributed by atoms with E-state index in [1.54, 1.807) is 30.7 Å². The third-order valence-corrected chi connectivity index (χ3v) is 5.83. The van der Waals surface area contributed by atoms with Gasteiger partial charge in [0, 0.05) is 25.3 Å². The minimum atomic E-state index is -0.411. The number of nitro groups is 1. The second-order valence-corrected chi connectivity index (χ2v) is 8.21. The van der Waals surface area contributed by atoms with Gasteiger partial charge in [-0.25, -0.2) is 4.98 Å². The number of imidazole rings is 1. The topological polar surface area (TPSA) is 117 Å². The molecule has 0 aliphatic carbocycles. The molecule has 0 fully saturated rings. The number of anilines is 1. The first-order chi connectivity index (χ1) is 16.9. The van der Waals surface area contributed by atoms with Gasteiger partial charge < -0.3 is 9.30 Å². The van der Waals surface area contributed by atoms with E-state index in [0.29, 0.717) is 49.2 Å². The molecule has 0 bridgehead atoms. The first kappa shape index (κ1) is 24.1. The fourth-order valence-electron chi connectivity index (χ4n) is 4.08. The zero-order chi connectivity index (χ0) is 24.9. The fourth-order valence-corrected chi connectivity index (χ4v) is 4.08. The van der Waals surface area contributed by atoms with E-state index in [9.17, 15) is 14.9 Å². The number of fused-ring (bicyclic) bond motifs is 1. The lowest BCUT2D eigenvalue weighted by Crippen LogP contribution is -2.16. The Morgan fingerprint density at radius 1 is 1.14 bits per heavy atom. The van der Waals surface area contributed by atoms with Crippen LogP contribution in [0, 0.1) is 24.0 Å². The first-order valence-electron chi connectivity index (χ1n) is 11.5. The van der Waals surface area contributed by atoms with Gasteiger partial charge in [-0.3, -0.25) is 24.9 Å². The van der Waals surface area contributed by atoms with E-state index in [1.807, 2.05) is 47.9 Å². The second kappa shape index (κ2) is 10.5. The predicted molar refractivity (Wildman–Crippen MR) is 133 cm³/mol. The highest BCUT2D eigenvalue weighted by molar-refractivity contribution is 6.04. The zero-order valence-corrected chi connectivity index (χ0v) is 20.0. The quantitative estimate of drug-likeness (QED) is 0.205. The Morgan fingerprint density at radius 2 is 1.89 bits per heavy atom. The number of nitrogens with one attached hydrogen (secondary N) is 1. The van der Waals surface area contributed by atoms with E-state index in [1.165, 1.54) is 0 Å². The van der Waals surface area contributed by atoms with Gasteiger partial charge in [0.05, 0.1) is 22.5 Å². The van der Waals surface area contributed by atoms with Crippen molar-refractivity contribution >= 4 is 28.6 Å². The van der Waals surface area contributed by atoms with E-state index >= 15 is 0 Å². The maximum atomic E-state index is 13.0. The number of nitrogens with zero attached hydrogens (tertiary/aromatic N) is 5. The summed E-state index contributed by atoms with van der Waals surface area (Å²) in [6.07, 6.45) is 0.802. The Bertz CT molecular complexity index is 1360. The second-order valence-electron chi connectivity index (χ2n) is 8.21. The molecule has 4 rings (SSSR count). The van der Waals surface area contributed by atoms with Gasteiger partial charge in [0.15, 0.2) is 0 Å². The first-order valence-corrected chi connectivity index (χ1v) is 11.5. The highest BCUT2D eigenvalue weighted by atomic mass is 16.6. The minimum Gasteiger partial charge on any atom is -0.382 e. The van der Waals surface area contributed by atoms with Crippen molar-refractivity contribution in [1.29, 1.82) is 0 Å². The molecule has 0 aliphatic rings. The molecule has 0 saturated heterocycles. The Hall–Kier alpha value is -4.05. The molecular weight excluding hydrogens is 448 g/mol. The van der Waals surface area contributed by atoms with Crippen LogP contribution >= 0.6 is 0 Å². The number of benzene rings is 2. The summed E-state index contributed by atoms with van der Waals surface area (Å²) in [6.45, 7) is 7.61. The molecular formula is C25H28N6O4. The third-order valence-electron chi connectivity index (χ3n) is 5.83. The van der Waals surface area contributed by atoms with Crippen LogP contribution < -0.4 is 5.32 Å². The lowest BCUT2D eigenvalue weighted by molar-refractivity contribution is -0.386. The van der Waals surface area contributed by atoms with Gasteiger partial charge in [-0.1, -0.05) is 24.3 Å². The summed E-state index contributed by atoms with van der Waals surface area (Å²) >= 11 is 0. The van der Waals surface area contributed by atoms with Gasteiger partial charge in [0.1, 0.15) is 11.4 Å². The number of amides is 1. The molecule has 0 saturated carbocycles. The lowest BCUT2D eigenvalue weighted by Gasteiger charge is -2.11. The predicted octanol–water partition coefficient (Wildman–Crippen LogP) is 4.49. The van der Waals surface area contributed by atoms with Crippen molar-refractivity contribution in [3.63, 3.8) is 0 Å². The number of para-hydroxylation sites is 2. The highest BCUT2D eigenvalue weighted by Gasteiger charge is 2.22. The van der Waals surface area contributed by atoms with E-state index < -0.39 is 4.92 Å². The van der Waals surface area contributed by atoms with Gasteiger partial charge >= 0.3 is 5.69 Å². The Kier molecular flexibility index (Phi) is 7.21. The molecule has 10 heteroatoms. The van der Waals surface area contributed by atoms with Crippen molar-refractivity contribution in [1.82, 2.24) is 19.3 Å². The molecule has 1 amide bonds. The number of hydrogen-bond acceptors (Lipinski definition) is 6. The minimum absolute atomic E-state index is 0.0325. The average molecular weight is 477 g/mol. The summed E-state index contributed by atoms with van der Waals surface area (Å²) < 4.78 is 9.05. The standard InChI is InChI=1S/C25H28N6O4/c1-4-35-15-7-14-29-22-9-6-5-8-21(22)26-25(29)27-24(32)20-12-10-19(11-13-20)16-30-18(3)23(31(33)34)17(2)28-30/h5-6,8-13H,4,7,14-16H2,1-3H3,(H,26,27,32). The van der Waals surface area contributed by atoms with Crippen molar-refractivity contribution in [2.24, 2.45) is 0 Å². The van der Waals surface area contributed by atoms with Gasteiger partial charge in [-0.15, -0.1) is 0 Å². The van der Waals surface area contributed by atoms with Crippen LogP contribution in [0.5, 0.6) is 0 Å². The molecule has 0 unspecified atom stereocenters. The molecule has 0 spiro atoms. The summed E-state index contributed by atoms with van der Waals surface area (Å²) in [5.41, 5.74) is 4.05. The molecule has 0 atom stereocenters. The average Bonchev–Trinajstić information content (AvgIpc) is 3.32. The molecule has 0 aliphatic heterocycles. The number of carbonyl (C=O) groups excluding carboxylic acids is 1. The number of aromatic nitrogens is 4. The van der Waals surface area contributed by atoms with Crippen LogP contribution in [-0.4, -0.2) is 43.4 Å². The van der Waals surface area contributed by atoms with Gasteiger partial charge in [-0.2, -0.15) is 5.10 Å². The monoisotopic (exact) mass is 476 g/mol. The van der Waals surface area contributed by atoms with E-state index in [4.69, 9.17) is 4.74 Å². The SMILES string of the molecule is CCOCCCn1c(NC(=O)c2ccc(Cn3nc(C)c([N+](=O)[O-])c3C)cc2)nc2ccccc21. The van der Waals surface area contributed by atoms with Crippen LogP contribution in [0.3, 0.4) is 0 Å². The number of carbonyl (C=O) groups is 1. The molecule has 2 aromatic carbocycles. The molecule has 2 heterocycles. The molecule has 1 N–H and O–H groups in total. The van der Waals surface area contributed by atoms with E-state index in [0.717, 1.165) is 23.0 Å². The highest BCUT2D eigenvalue weighted by Crippen LogP contribution is 2.23. The van der Waals surface area contributed by atoms with Crippen molar-refractivity contribution in [2.75, 3.05) is 18.5 Å². The van der Waals surface area contributed by atoms with Crippen LogP contribution in [-0.2, 0) is 17.8 Å². The van der Waals surface area contributed by atoms with Crippen LogP contribution in [0.25, 0.3) is 11.0 Å². The Balaban J connectivity index is 1.49. The van der Waals surface area contributed by atoms with Crippen LogP contribution in [0.2, 0.25) is 0 Å². The summed E-state index contributed by atoms with van der Waals surface area (Å²) in [4.78, 5) is 28.4. The van der Waals surface area contributed by atoms with Crippen molar-refractivity contribution < 1.29 is 14.5 Å². The molecule has 0 radical (unpaired) electrons. The van der Waals surface area contributed by atoms with Crippen LogP contribution in [0.15, 0.2) is 48.5 Å². The molecule has 10 nitrogen and oxygen atoms in total. The van der Waals surface area contributed by atoms with Crippen molar-refractivity contribution in [3.05, 3.63) is 81.2 Å². The van der Waals surface area contributed by atoms with Gasteiger partial charge in [0.2, 0.25) is 5.95 Å². The largest absolute Gasteiger partial charge is 0.382 e. The van der Waals surface area contributed by atoms with E-state index in [2.05, 4.69) is 15.4 Å². The summed E-state index contributed by atoms with van der Waals surface area (Å²) in [5, 5.41) is 18.5. The lowest BCUT2D eigenvalue weighted by atomic mass is 10.1. The maximum Gasteiger partial charge on any atom is 0.312 e. The molecule has 182 valence electrons. The summed E-state index contributed by atoms with van der Waals surface area (Å²) in [7, 11) is 0. The molecule has 4 aromatic rings. The zero-order valence-electron chi connectivity index (χ0n) is 20.0. The molecule has 2 aromatic heterocycles. The summed E-state index contributed by atoms with van der Waals surface area (Å²) in [5.74, 6) is 0.228. The van der Waals surface area contributed by atoms with Gasteiger partial charge in [0.25, 0.3) is 5.91 Å². The normalized spacial score (nSPS) is 11.2. The van der Waals surface area contributed by atoms with Crippen LogP contribution in [0.1, 0.15) is 40.7 Å². The number of ether oxygens (including phenoxy) is 1. The van der Waals surface area contributed by atoms with Gasteiger partial charge in [-0.05, 0) is 57.0 Å². The number of hydrogen-bond donors (Lipinski definition) is 1. The molecule has 35 heavy (non-hydrogen) atoms. The van der Waals surface area contributed by atoms with Crippen molar-refractivity contribution in [3.8, 4) is 0 Å². The fraction of sp³-hybridized carbons (Fsp3) is 0.320. The van der Waals surface area contributed by atoms with Crippen LogP contribution in [0.4, 0.5) is 11.6 Å². The third kappa shape index (κ3) is 5.22. The number of aryl methyl sites for hydroxylation is 2. The number of rotatable bonds is 10. The Morgan fingerprint density at radius 3 is 2.57 bits per heavy atom. The van der Waals surface area contributed by atoms with Crippen molar-refractivity contribution in [2.45, 2.75) is 40.3 Å². The summed E-state index contributed by atoms with van der Waals surface area (Å²) in [6, 6.07) is 14.9. The van der Waals surface area contributed by atoms with E-state index in [-0.39, 0.29) is 11.6 Å². The maximum absolute atomic E-state index is 13.0.